The highest BCUT2D eigenvalue weighted by atomic mass is 35.5. The maximum Gasteiger partial charge on any atom is 0.337 e. The number of halogens is 1. The highest BCUT2D eigenvalue weighted by Gasteiger charge is 2.18. The van der Waals surface area contributed by atoms with Crippen molar-refractivity contribution in [3.63, 3.8) is 0 Å². The van der Waals surface area contributed by atoms with Gasteiger partial charge in [-0.3, -0.25) is 4.72 Å². The third-order valence-corrected chi connectivity index (χ3v) is 5.64. The van der Waals surface area contributed by atoms with Gasteiger partial charge in [0.2, 0.25) is 0 Å². The van der Waals surface area contributed by atoms with Crippen molar-refractivity contribution in [1.82, 2.24) is 0 Å². The van der Waals surface area contributed by atoms with Gasteiger partial charge in [0.15, 0.2) is 0 Å². The molecule has 0 bridgehead atoms. The summed E-state index contributed by atoms with van der Waals surface area (Å²) in [5.41, 5.74) is -0.0293. The molecule has 0 saturated carbocycles. The molecule has 2 N–H and O–H groups in total. The first-order chi connectivity index (χ1) is 14.3. The highest BCUT2D eigenvalue weighted by molar-refractivity contribution is 7.92. The smallest absolute Gasteiger partial charge is 0.337 e. The number of sulfonamides is 1. The van der Waals surface area contributed by atoms with E-state index in [2.05, 4.69) is 4.72 Å². The molecule has 0 aliphatic rings. The molecule has 3 aromatic carbocycles. The molecule has 0 radical (unpaired) electrons. The van der Waals surface area contributed by atoms with Crippen LogP contribution in [0.2, 0.25) is 5.02 Å². The summed E-state index contributed by atoms with van der Waals surface area (Å²) in [7, 11) is -4.02. The second kappa shape index (κ2) is 9.51. The molecule has 0 saturated heterocycles. The normalized spacial score (nSPS) is 11.0. The lowest BCUT2D eigenvalue weighted by Crippen LogP contribution is -2.14. The zero-order chi connectivity index (χ0) is 21.6. The first kappa shape index (κ1) is 21.5. The molecule has 3 rings (SSSR count). The summed E-state index contributed by atoms with van der Waals surface area (Å²) >= 11 is 5.80. The van der Waals surface area contributed by atoms with Crippen LogP contribution in [0, 0.1) is 0 Å². The van der Waals surface area contributed by atoms with Crippen LogP contribution in [0.25, 0.3) is 0 Å². The van der Waals surface area contributed by atoms with E-state index in [1.807, 2.05) is 30.3 Å². The minimum absolute atomic E-state index is 0.0467. The van der Waals surface area contributed by atoms with Crippen LogP contribution in [-0.2, 0) is 10.0 Å². The molecule has 156 valence electrons. The van der Waals surface area contributed by atoms with Crippen molar-refractivity contribution in [3.05, 3.63) is 83.4 Å². The van der Waals surface area contributed by atoms with E-state index in [4.69, 9.17) is 26.2 Å². The maximum atomic E-state index is 12.6. The van der Waals surface area contributed by atoms with Crippen molar-refractivity contribution in [2.24, 2.45) is 0 Å². The Morgan fingerprint density at radius 3 is 2.27 bits per heavy atom. The van der Waals surface area contributed by atoms with Crippen LogP contribution in [0.1, 0.15) is 10.4 Å². The molecule has 0 unspecified atom stereocenters. The summed E-state index contributed by atoms with van der Waals surface area (Å²) in [6.45, 7) is 0.590. The fourth-order valence-corrected chi connectivity index (χ4v) is 3.81. The molecular weight excluding hydrogens is 430 g/mol. The van der Waals surface area contributed by atoms with Gasteiger partial charge < -0.3 is 14.6 Å². The number of para-hydroxylation sites is 1. The van der Waals surface area contributed by atoms with Gasteiger partial charge >= 0.3 is 5.97 Å². The van der Waals surface area contributed by atoms with Crippen molar-refractivity contribution in [3.8, 4) is 11.5 Å². The minimum Gasteiger partial charge on any atom is -0.490 e. The van der Waals surface area contributed by atoms with Crippen LogP contribution in [0.3, 0.4) is 0 Å². The third-order valence-electron chi connectivity index (χ3n) is 3.93. The number of nitrogens with one attached hydrogen (secondary N) is 1. The number of ether oxygens (including phenoxy) is 2. The minimum atomic E-state index is -4.02. The number of hydrogen-bond acceptors (Lipinski definition) is 5. The molecule has 3 aromatic rings. The van der Waals surface area contributed by atoms with Gasteiger partial charge in [-0.1, -0.05) is 35.9 Å². The first-order valence-corrected chi connectivity index (χ1v) is 10.7. The van der Waals surface area contributed by atoms with Gasteiger partial charge in [-0.05, 0) is 42.5 Å². The fraction of sp³-hybridized carbons (Fsp3) is 0.0952. The predicted molar refractivity (Wildman–Crippen MR) is 113 cm³/mol. The quantitative estimate of drug-likeness (QED) is 0.474. The van der Waals surface area contributed by atoms with Crippen LogP contribution in [0.4, 0.5) is 5.69 Å². The first-order valence-electron chi connectivity index (χ1n) is 8.81. The SMILES string of the molecule is O=C(O)c1cc(S(=O)(=O)Nc2cccc(OCCOc3ccccc3)c2)ccc1Cl. The molecular formula is C21H18ClNO6S. The largest absolute Gasteiger partial charge is 0.490 e. The van der Waals surface area contributed by atoms with Gasteiger partial charge in [0, 0.05) is 6.07 Å². The number of hydrogen-bond donors (Lipinski definition) is 2. The van der Waals surface area contributed by atoms with E-state index in [0.717, 1.165) is 11.8 Å². The lowest BCUT2D eigenvalue weighted by Gasteiger charge is -2.12. The van der Waals surface area contributed by atoms with E-state index < -0.39 is 16.0 Å². The topological polar surface area (TPSA) is 102 Å². The van der Waals surface area contributed by atoms with Gasteiger partial charge in [-0.25, -0.2) is 13.2 Å². The number of rotatable bonds is 9. The molecule has 0 amide bonds. The average molecular weight is 448 g/mol. The van der Waals surface area contributed by atoms with Crippen LogP contribution in [-0.4, -0.2) is 32.7 Å². The molecule has 9 heteroatoms. The average Bonchev–Trinajstić information content (AvgIpc) is 2.72. The van der Waals surface area contributed by atoms with Crippen molar-refractivity contribution in [2.45, 2.75) is 4.90 Å². The van der Waals surface area contributed by atoms with Crippen molar-refractivity contribution < 1.29 is 27.8 Å². The van der Waals surface area contributed by atoms with E-state index in [1.54, 1.807) is 18.2 Å². The van der Waals surface area contributed by atoms with Crippen LogP contribution < -0.4 is 14.2 Å². The zero-order valence-corrected chi connectivity index (χ0v) is 17.2. The molecule has 0 fully saturated rings. The number of anilines is 1. The Hall–Kier alpha value is -3.23. The van der Waals surface area contributed by atoms with Gasteiger partial charge in [-0.15, -0.1) is 0 Å². The highest BCUT2D eigenvalue weighted by Crippen LogP contribution is 2.24. The van der Waals surface area contributed by atoms with Crippen LogP contribution >= 0.6 is 11.6 Å². The number of carbonyl (C=O) groups is 1. The molecule has 0 heterocycles. The fourth-order valence-electron chi connectivity index (χ4n) is 2.53. The monoisotopic (exact) mass is 447 g/mol. The van der Waals surface area contributed by atoms with Crippen molar-refractivity contribution >= 4 is 33.3 Å². The molecule has 30 heavy (non-hydrogen) atoms. The summed E-state index contributed by atoms with van der Waals surface area (Å²) in [4.78, 5) is 11.0. The summed E-state index contributed by atoms with van der Waals surface area (Å²) in [5.74, 6) is -0.134. The lowest BCUT2D eigenvalue weighted by atomic mass is 10.2. The van der Waals surface area contributed by atoms with E-state index in [0.29, 0.717) is 12.4 Å². The Morgan fingerprint density at radius 1 is 0.900 bits per heavy atom. The Morgan fingerprint density at radius 2 is 1.57 bits per heavy atom. The second-order valence-electron chi connectivity index (χ2n) is 6.09. The number of benzene rings is 3. The Balaban J connectivity index is 1.64. The summed E-state index contributed by atoms with van der Waals surface area (Å²) in [6.07, 6.45) is 0. The van der Waals surface area contributed by atoms with E-state index in [1.165, 1.54) is 18.2 Å². The van der Waals surface area contributed by atoms with Gasteiger partial charge in [-0.2, -0.15) is 0 Å². The van der Waals surface area contributed by atoms with Crippen molar-refractivity contribution in [1.29, 1.82) is 0 Å². The molecule has 0 aliphatic carbocycles. The van der Waals surface area contributed by atoms with Crippen molar-refractivity contribution in [2.75, 3.05) is 17.9 Å². The zero-order valence-electron chi connectivity index (χ0n) is 15.6. The lowest BCUT2D eigenvalue weighted by molar-refractivity contribution is 0.0697. The van der Waals surface area contributed by atoms with E-state index >= 15 is 0 Å². The van der Waals surface area contributed by atoms with Crippen LogP contribution in [0.5, 0.6) is 11.5 Å². The molecule has 0 spiro atoms. The summed E-state index contributed by atoms with van der Waals surface area (Å²) in [6, 6.07) is 19.2. The maximum absolute atomic E-state index is 12.6. The standard InChI is InChI=1S/C21H18ClNO6S/c22-20-10-9-18(14-19(20)21(24)25)30(26,27)23-15-5-4-8-17(13-15)29-12-11-28-16-6-2-1-3-7-16/h1-10,13-14,23H,11-12H2,(H,24,25). The Bertz CT molecular complexity index is 1140. The second-order valence-corrected chi connectivity index (χ2v) is 8.18. The van der Waals surface area contributed by atoms with Crippen LogP contribution in [0.15, 0.2) is 77.7 Å². The number of carboxylic acids is 1. The molecule has 0 aliphatic heterocycles. The molecule has 0 atom stereocenters. The van der Waals surface area contributed by atoms with Gasteiger partial charge in [0.1, 0.15) is 24.7 Å². The van der Waals surface area contributed by atoms with Gasteiger partial charge in [0.05, 0.1) is 21.2 Å². The summed E-state index contributed by atoms with van der Waals surface area (Å²) in [5, 5.41) is 9.08. The molecule has 7 nitrogen and oxygen atoms in total. The van der Waals surface area contributed by atoms with E-state index in [-0.39, 0.29) is 27.8 Å². The van der Waals surface area contributed by atoms with Gasteiger partial charge in [0.25, 0.3) is 10.0 Å². The third kappa shape index (κ3) is 5.65. The Labute approximate surface area is 178 Å². The summed E-state index contributed by atoms with van der Waals surface area (Å²) < 4.78 is 38.8. The Kier molecular flexibility index (Phi) is 6.81. The van der Waals surface area contributed by atoms with E-state index in [9.17, 15) is 13.2 Å². The number of aromatic carboxylic acids is 1. The predicted octanol–water partition coefficient (Wildman–Crippen LogP) is 4.30. The number of carboxylic acid groups (broad SMARTS) is 1. The molecule has 0 aromatic heterocycles.